The molecule has 0 spiro atoms. The van der Waals surface area contributed by atoms with Crippen LogP contribution < -0.4 is 15.2 Å². The monoisotopic (exact) mass is 297 g/mol. The summed E-state index contributed by atoms with van der Waals surface area (Å²) in [5, 5.41) is 0. The van der Waals surface area contributed by atoms with Gasteiger partial charge in [-0.05, 0) is 47.6 Å². The normalized spacial score (nSPS) is 14.4. The summed E-state index contributed by atoms with van der Waals surface area (Å²) in [6.07, 6.45) is 1.72. The van der Waals surface area contributed by atoms with Gasteiger partial charge in [-0.2, -0.15) is 0 Å². The first-order valence-corrected chi connectivity index (χ1v) is 7.85. The Morgan fingerprint density at radius 1 is 0.909 bits per heavy atom. The molecule has 0 saturated carbocycles. The molecule has 0 amide bonds. The van der Waals surface area contributed by atoms with Gasteiger partial charge < -0.3 is 15.2 Å². The number of fused-ring (bicyclic) bond motifs is 1. The molecule has 2 aromatic carbocycles. The molecule has 0 radical (unpaired) electrons. The molecule has 22 heavy (non-hydrogen) atoms. The Morgan fingerprint density at radius 2 is 1.55 bits per heavy atom. The van der Waals surface area contributed by atoms with E-state index in [9.17, 15) is 0 Å². The second-order valence-electron chi connectivity index (χ2n) is 6.25. The summed E-state index contributed by atoms with van der Waals surface area (Å²) in [4.78, 5) is 0. The molecular weight excluding hydrogens is 274 g/mol. The van der Waals surface area contributed by atoms with Crippen molar-refractivity contribution in [1.29, 1.82) is 0 Å². The maximum atomic E-state index is 6.31. The zero-order valence-corrected chi connectivity index (χ0v) is 13.2. The fraction of sp³-hybridized carbons (Fsp3) is 0.368. The van der Waals surface area contributed by atoms with Crippen molar-refractivity contribution in [2.75, 3.05) is 6.79 Å². The molecule has 2 aromatic rings. The van der Waals surface area contributed by atoms with Crippen molar-refractivity contribution in [2.24, 2.45) is 5.73 Å². The van der Waals surface area contributed by atoms with E-state index in [1.165, 1.54) is 16.7 Å². The molecule has 116 valence electrons. The predicted octanol–water partition coefficient (Wildman–Crippen LogP) is 3.65. The Bertz CT molecular complexity index is 634. The van der Waals surface area contributed by atoms with E-state index in [1.54, 1.807) is 0 Å². The zero-order valence-electron chi connectivity index (χ0n) is 13.2. The van der Waals surface area contributed by atoms with Crippen LogP contribution in [0.2, 0.25) is 0 Å². The molecule has 1 heterocycles. The van der Waals surface area contributed by atoms with E-state index >= 15 is 0 Å². The van der Waals surface area contributed by atoms with Crippen LogP contribution in [0.5, 0.6) is 11.5 Å². The standard InChI is InChI=1S/C19H23NO2/c1-13(2)16-6-3-14(4-7-16)9-17(20)10-15-5-8-18-19(11-15)22-12-21-18/h3-8,11,13,17H,9-10,12,20H2,1-2H3. The van der Waals surface area contributed by atoms with Crippen molar-refractivity contribution in [1.82, 2.24) is 0 Å². The van der Waals surface area contributed by atoms with Crippen LogP contribution in [0.1, 0.15) is 36.5 Å². The maximum Gasteiger partial charge on any atom is 0.231 e. The fourth-order valence-electron chi connectivity index (χ4n) is 2.78. The number of hydrogen-bond acceptors (Lipinski definition) is 3. The summed E-state index contributed by atoms with van der Waals surface area (Å²) < 4.78 is 10.7. The van der Waals surface area contributed by atoms with Crippen molar-refractivity contribution in [3.05, 3.63) is 59.2 Å². The lowest BCUT2D eigenvalue weighted by atomic mass is 9.96. The number of hydrogen-bond donors (Lipinski definition) is 1. The largest absolute Gasteiger partial charge is 0.454 e. The van der Waals surface area contributed by atoms with Gasteiger partial charge in [0.25, 0.3) is 0 Å². The summed E-state index contributed by atoms with van der Waals surface area (Å²) in [6.45, 7) is 4.73. The highest BCUT2D eigenvalue weighted by molar-refractivity contribution is 5.44. The predicted molar refractivity (Wildman–Crippen MR) is 88.5 cm³/mol. The van der Waals surface area contributed by atoms with Gasteiger partial charge in [0.2, 0.25) is 6.79 Å². The summed E-state index contributed by atoms with van der Waals surface area (Å²) >= 11 is 0. The molecule has 1 aliphatic heterocycles. The van der Waals surface area contributed by atoms with Gasteiger partial charge in [0.1, 0.15) is 0 Å². The Kier molecular flexibility index (Phi) is 4.34. The molecule has 0 aliphatic carbocycles. The van der Waals surface area contributed by atoms with Crippen molar-refractivity contribution in [3.8, 4) is 11.5 Å². The molecular formula is C19H23NO2. The smallest absolute Gasteiger partial charge is 0.231 e. The molecule has 0 aromatic heterocycles. The van der Waals surface area contributed by atoms with Crippen LogP contribution in [0.4, 0.5) is 0 Å². The molecule has 1 aliphatic rings. The molecule has 0 saturated heterocycles. The highest BCUT2D eigenvalue weighted by Gasteiger charge is 2.14. The second kappa shape index (κ2) is 6.41. The molecule has 3 heteroatoms. The molecule has 1 atom stereocenters. The van der Waals surface area contributed by atoms with Crippen LogP contribution >= 0.6 is 0 Å². The average Bonchev–Trinajstić information content (AvgIpc) is 2.95. The number of benzene rings is 2. The van der Waals surface area contributed by atoms with E-state index in [-0.39, 0.29) is 6.04 Å². The summed E-state index contributed by atoms with van der Waals surface area (Å²) in [5.41, 5.74) is 10.2. The quantitative estimate of drug-likeness (QED) is 0.916. The third-order valence-corrected chi connectivity index (χ3v) is 4.08. The van der Waals surface area contributed by atoms with Crippen molar-refractivity contribution >= 4 is 0 Å². The minimum Gasteiger partial charge on any atom is -0.454 e. The lowest BCUT2D eigenvalue weighted by molar-refractivity contribution is 0.174. The summed E-state index contributed by atoms with van der Waals surface area (Å²) in [6, 6.07) is 14.9. The van der Waals surface area contributed by atoms with Gasteiger partial charge in [-0.25, -0.2) is 0 Å². The van der Waals surface area contributed by atoms with Crippen LogP contribution in [-0.2, 0) is 12.8 Å². The molecule has 2 N–H and O–H groups in total. The SMILES string of the molecule is CC(C)c1ccc(CC(N)Cc2ccc3c(c2)OCO3)cc1. The summed E-state index contributed by atoms with van der Waals surface area (Å²) in [5.74, 6) is 2.21. The van der Waals surface area contributed by atoms with Crippen LogP contribution in [0.25, 0.3) is 0 Å². The Hall–Kier alpha value is -2.00. The fourth-order valence-corrected chi connectivity index (χ4v) is 2.78. The van der Waals surface area contributed by atoms with E-state index in [4.69, 9.17) is 15.2 Å². The minimum absolute atomic E-state index is 0.102. The van der Waals surface area contributed by atoms with Crippen LogP contribution in [0.15, 0.2) is 42.5 Å². The van der Waals surface area contributed by atoms with E-state index in [2.05, 4.69) is 44.2 Å². The Labute approximate surface area is 132 Å². The maximum absolute atomic E-state index is 6.31. The van der Waals surface area contributed by atoms with Crippen molar-refractivity contribution in [3.63, 3.8) is 0 Å². The van der Waals surface area contributed by atoms with Gasteiger partial charge in [0.05, 0.1) is 0 Å². The van der Waals surface area contributed by atoms with Crippen LogP contribution in [0, 0.1) is 0 Å². The molecule has 1 unspecified atom stereocenters. The highest BCUT2D eigenvalue weighted by Crippen LogP contribution is 2.32. The first kappa shape index (κ1) is 14.9. The van der Waals surface area contributed by atoms with Gasteiger partial charge in [-0.3, -0.25) is 0 Å². The van der Waals surface area contributed by atoms with Gasteiger partial charge >= 0.3 is 0 Å². The van der Waals surface area contributed by atoms with E-state index in [0.717, 1.165) is 24.3 Å². The Morgan fingerprint density at radius 3 is 2.27 bits per heavy atom. The van der Waals surface area contributed by atoms with E-state index < -0.39 is 0 Å². The zero-order chi connectivity index (χ0) is 15.5. The van der Waals surface area contributed by atoms with Crippen molar-refractivity contribution < 1.29 is 9.47 Å². The van der Waals surface area contributed by atoms with Gasteiger partial charge in [0, 0.05) is 6.04 Å². The molecule has 3 rings (SSSR count). The summed E-state index contributed by atoms with van der Waals surface area (Å²) in [7, 11) is 0. The van der Waals surface area contributed by atoms with Crippen LogP contribution in [0.3, 0.4) is 0 Å². The Balaban J connectivity index is 1.61. The lowest BCUT2D eigenvalue weighted by Crippen LogP contribution is -2.25. The third-order valence-electron chi connectivity index (χ3n) is 4.08. The molecule has 0 fully saturated rings. The van der Waals surface area contributed by atoms with E-state index in [1.807, 2.05) is 12.1 Å². The first-order chi connectivity index (χ1) is 10.6. The topological polar surface area (TPSA) is 44.5 Å². The number of rotatable bonds is 5. The second-order valence-corrected chi connectivity index (χ2v) is 6.25. The molecule has 3 nitrogen and oxygen atoms in total. The van der Waals surface area contributed by atoms with Crippen molar-refractivity contribution in [2.45, 2.75) is 38.6 Å². The first-order valence-electron chi connectivity index (χ1n) is 7.85. The van der Waals surface area contributed by atoms with E-state index in [0.29, 0.717) is 12.7 Å². The average molecular weight is 297 g/mol. The lowest BCUT2D eigenvalue weighted by Gasteiger charge is -2.13. The van der Waals surface area contributed by atoms with Gasteiger partial charge in [-0.15, -0.1) is 0 Å². The third kappa shape index (κ3) is 3.42. The number of nitrogens with two attached hydrogens (primary N) is 1. The van der Waals surface area contributed by atoms with Gasteiger partial charge in [-0.1, -0.05) is 44.2 Å². The number of ether oxygens (including phenoxy) is 2. The van der Waals surface area contributed by atoms with Gasteiger partial charge in [0.15, 0.2) is 11.5 Å². The highest BCUT2D eigenvalue weighted by atomic mass is 16.7. The van der Waals surface area contributed by atoms with Crippen LogP contribution in [-0.4, -0.2) is 12.8 Å². The molecule has 0 bridgehead atoms. The minimum atomic E-state index is 0.102.